The minimum absolute atomic E-state index is 0.00906. The van der Waals surface area contributed by atoms with Gasteiger partial charge in [-0.05, 0) is 85.0 Å². The highest BCUT2D eigenvalue weighted by molar-refractivity contribution is 5.67. The molecule has 1 saturated carbocycles. The topological polar surface area (TPSA) is 9.23 Å². The molecule has 0 atom stereocenters. The summed E-state index contributed by atoms with van der Waals surface area (Å²) in [4.78, 5) is 0. The second-order valence-corrected chi connectivity index (χ2v) is 7.27. The third-order valence-electron chi connectivity index (χ3n) is 5.36. The highest BCUT2D eigenvalue weighted by atomic mass is 19.2. The average molecular weight is 418 g/mol. The lowest BCUT2D eigenvalue weighted by atomic mass is 9.82. The van der Waals surface area contributed by atoms with Gasteiger partial charge < -0.3 is 4.74 Å². The third-order valence-corrected chi connectivity index (χ3v) is 5.36. The van der Waals surface area contributed by atoms with E-state index in [4.69, 9.17) is 11.2 Å². The van der Waals surface area contributed by atoms with Crippen LogP contribution in [0.1, 0.15) is 42.7 Å². The van der Waals surface area contributed by atoms with Gasteiger partial charge >= 0.3 is 0 Å². The van der Waals surface area contributed by atoms with Gasteiger partial charge in [0.15, 0.2) is 11.6 Å². The van der Waals surface area contributed by atoms with E-state index in [1.165, 1.54) is 24.3 Å². The van der Waals surface area contributed by atoms with Gasteiger partial charge in [-0.2, -0.15) is 0 Å². The molecule has 1 aliphatic rings. The van der Waals surface area contributed by atoms with E-state index in [1.807, 2.05) is 0 Å². The summed E-state index contributed by atoms with van der Waals surface area (Å²) in [5.41, 5.74) is 0.553. The van der Waals surface area contributed by atoms with Crippen molar-refractivity contribution in [2.45, 2.75) is 37.7 Å². The van der Waals surface area contributed by atoms with Crippen LogP contribution in [0.2, 0.25) is 0 Å². The number of halogens is 3. The molecule has 0 bridgehead atoms. The standard InChI is InChI=1S/C27H21F3O/c1-3-5-6-7-8-20-11-16-24(27(30)26(20)29)23-15-12-21(18-25(23)28)19-9-13-22(14-10-19)31-17-4-2/h1,4,11-12,15-16,18-19,22H,2,9-10,13-14,17H2. The van der Waals surface area contributed by atoms with E-state index in [0.29, 0.717) is 6.61 Å². The maximum atomic E-state index is 14.8. The predicted octanol–water partition coefficient (Wildman–Crippen LogP) is 5.99. The van der Waals surface area contributed by atoms with Gasteiger partial charge in [0, 0.05) is 11.1 Å². The van der Waals surface area contributed by atoms with Crippen molar-refractivity contribution in [2.24, 2.45) is 0 Å². The summed E-state index contributed by atoms with van der Waals surface area (Å²) in [5.74, 6) is 8.77. The smallest absolute Gasteiger partial charge is 0.175 e. The molecule has 0 N–H and O–H groups in total. The van der Waals surface area contributed by atoms with Crippen LogP contribution in [0.4, 0.5) is 13.2 Å². The van der Waals surface area contributed by atoms with Crippen LogP contribution in [0.25, 0.3) is 11.1 Å². The van der Waals surface area contributed by atoms with Gasteiger partial charge in [0.05, 0.1) is 18.3 Å². The largest absolute Gasteiger partial charge is 0.374 e. The first-order chi connectivity index (χ1) is 15.0. The molecule has 1 fully saturated rings. The molecule has 0 radical (unpaired) electrons. The number of benzene rings is 2. The quantitative estimate of drug-likeness (QED) is 0.428. The molecule has 0 heterocycles. The van der Waals surface area contributed by atoms with Gasteiger partial charge in [-0.25, -0.2) is 13.2 Å². The molecule has 2 aromatic rings. The predicted molar refractivity (Wildman–Crippen MR) is 116 cm³/mol. The molecule has 2 aromatic carbocycles. The molecule has 1 nitrogen and oxygen atoms in total. The van der Waals surface area contributed by atoms with Crippen molar-refractivity contribution >= 4 is 0 Å². The van der Waals surface area contributed by atoms with Crippen LogP contribution >= 0.6 is 0 Å². The first-order valence-electron chi connectivity index (χ1n) is 10.0. The first-order valence-corrected chi connectivity index (χ1v) is 10.0. The molecular formula is C27H21F3O. The number of hydrogen-bond donors (Lipinski definition) is 0. The van der Waals surface area contributed by atoms with Gasteiger partial charge in [-0.15, -0.1) is 13.0 Å². The zero-order valence-corrected chi connectivity index (χ0v) is 17.0. The monoisotopic (exact) mass is 418 g/mol. The second kappa shape index (κ2) is 10.6. The molecule has 0 unspecified atom stereocenters. The lowest BCUT2D eigenvalue weighted by Crippen LogP contribution is -2.21. The van der Waals surface area contributed by atoms with Crippen LogP contribution in [-0.2, 0) is 4.74 Å². The molecular weight excluding hydrogens is 397 g/mol. The molecule has 31 heavy (non-hydrogen) atoms. The van der Waals surface area contributed by atoms with Gasteiger partial charge in [-0.1, -0.05) is 18.2 Å². The van der Waals surface area contributed by atoms with Crippen molar-refractivity contribution in [3.63, 3.8) is 0 Å². The number of terminal acetylenes is 1. The first kappa shape index (κ1) is 22.3. The van der Waals surface area contributed by atoms with E-state index in [2.05, 4.69) is 36.2 Å². The maximum absolute atomic E-state index is 14.8. The highest BCUT2D eigenvalue weighted by Gasteiger charge is 2.24. The van der Waals surface area contributed by atoms with Gasteiger partial charge in [0.1, 0.15) is 5.82 Å². The summed E-state index contributed by atoms with van der Waals surface area (Å²) < 4.78 is 49.5. The third kappa shape index (κ3) is 5.40. The van der Waals surface area contributed by atoms with Crippen LogP contribution in [-0.4, -0.2) is 12.7 Å². The fourth-order valence-corrected chi connectivity index (χ4v) is 3.79. The SMILES string of the molecule is C#CC#CC#Cc1ccc(-c2ccc(C3CCC(OCC=C)CC3)cc2F)c(F)c1F. The van der Waals surface area contributed by atoms with Crippen molar-refractivity contribution in [1.82, 2.24) is 0 Å². The minimum atomic E-state index is -1.15. The highest BCUT2D eigenvalue weighted by Crippen LogP contribution is 2.36. The van der Waals surface area contributed by atoms with E-state index >= 15 is 0 Å². The molecule has 1 aliphatic carbocycles. The van der Waals surface area contributed by atoms with Crippen LogP contribution in [0.5, 0.6) is 0 Å². The molecule has 0 saturated heterocycles. The lowest BCUT2D eigenvalue weighted by Gasteiger charge is -2.28. The Hall–Kier alpha value is -3.39. The van der Waals surface area contributed by atoms with Crippen LogP contribution < -0.4 is 0 Å². The van der Waals surface area contributed by atoms with Gasteiger partial charge in [-0.3, -0.25) is 0 Å². The maximum Gasteiger partial charge on any atom is 0.175 e. The van der Waals surface area contributed by atoms with E-state index < -0.39 is 17.5 Å². The summed E-state index contributed by atoms with van der Waals surface area (Å²) >= 11 is 0. The Morgan fingerprint density at radius 1 is 0.968 bits per heavy atom. The van der Waals surface area contributed by atoms with E-state index in [1.54, 1.807) is 12.1 Å². The average Bonchev–Trinajstić information content (AvgIpc) is 2.79. The van der Waals surface area contributed by atoms with Gasteiger partial charge in [0.25, 0.3) is 0 Å². The summed E-state index contributed by atoms with van der Waals surface area (Å²) in [6, 6.07) is 7.33. The van der Waals surface area contributed by atoms with Crippen LogP contribution in [0.3, 0.4) is 0 Å². The number of rotatable bonds is 5. The Bertz CT molecular complexity index is 1130. The lowest BCUT2D eigenvalue weighted by molar-refractivity contribution is 0.0423. The Morgan fingerprint density at radius 3 is 2.39 bits per heavy atom. The second-order valence-electron chi connectivity index (χ2n) is 7.27. The van der Waals surface area contributed by atoms with E-state index in [9.17, 15) is 13.2 Å². The summed E-state index contributed by atoms with van der Waals surface area (Å²) in [6.07, 6.45) is 10.5. The Labute approximate surface area is 181 Å². The van der Waals surface area contributed by atoms with E-state index in [-0.39, 0.29) is 28.7 Å². The summed E-state index contributed by atoms with van der Waals surface area (Å²) in [6.45, 7) is 4.18. The van der Waals surface area contributed by atoms with Crippen molar-refractivity contribution in [3.8, 4) is 47.2 Å². The van der Waals surface area contributed by atoms with Crippen molar-refractivity contribution in [3.05, 3.63) is 71.6 Å². The molecule has 0 aromatic heterocycles. The van der Waals surface area contributed by atoms with Gasteiger partial charge in [0.2, 0.25) is 0 Å². The van der Waals surface area contributed by atoms with Crippen molar-refractivity contribution < 1.29 is 17.9 Å². The summed E-state index contributed by atoms with van der Waals surface area (Å²) in [7, 11) is 0. The van der Waals surface area contributed by atoms with Crippen molar-refractivity contribution in [1.29, 1.82) is 0 Å². The van der Waals surface area contributed by atoms with Crippen LogP contribution in [0.15, 0.2) is 43.0 Å². The fraction of sp³-hybridized carbons (Fsp3) is 0.259. The zero-order chi connectivity index (χ0) is 22.2. The Morgan fingerprint density at radius 2 is 1.71 bits per heavy atom. The molecule has 0 aliphatic heterocycles. The minimum Gasteiger partial charge on any atom is -0.374 e. The fourth-order valence-electron chi connectivity index (χ4n) is 3.79. The number of hydrogen-bond acceptors (Lipinski definition) is 1. The van der Waals surface area contributed by atoms with Crippen molar-refractivity contribution in [2.75, 3.05) is 6.61 Å². The molecule has 0 amide bonds. The molecule has 0 spiro atoms. The molecule has 3 rings (SSSR count). The van der Waals surface area contributed by atoms with E-state index in [0.717, 1.165) is 31.2 Å². The molecule has 156 valence electrons. The number of ether oxygens (including phenoxy) is 1. The normalized spacial score (nSPS) is 17.5. The Balaban J connectivity index is 1.79. The zero-order valence-electron chi connectivity index (χ0n) is 17.0. The Kier molecular flexibility index (Phi) is 7.61. The summed E-state index contributed by atoms with van der Waals surface area (Å²) in [5, 5.41) is 0. The molecule has 4 heteroatoms. The van der Waals surface area contributed by atoms with Crippen LogP contribution in [0, 0.1) is 53.5 Å².